The van der Waals surface area contributed by atoms with Crippen LogP contribution in [0.15, 0.2) is 42.5 Å². The lowest BCUT2D eigenvalue weighted by atomic mass is 9.80. The highest BCUT2D eigenvalue weighted by atomic mass is 32.1. The third kappa shape index (κ3) is 3.96. The van der Waals surface area contributed by atoms with Gasteiger partial charge in [-0.05, 0) is 48.6 Å². The molecule has 7 nitrogen and oxygen atoms in total. The minimum atomic E-state index is -0.956. The third-order valence-corrected chi connectivity index (χ3v) is 7.57. The smallest absolute Gasteiger partial charge is 0.304 e. The normalized spacial score (nSPS) is 19.3. The quantitative estimate of drug-likeness (QED) is 0.533. The number of carbonyl (C=O) groups excluding carboxylic acids is 1. The summed E-state index contributed by atoms with van der Waals surface area (Å²) >= 11 is 1.56. The standard InChI is InChI=1S/C24H26N4O3S/c25-17-7-8-28(14-17)18-5-6-19-20(9-18)32-21(27-19)13-26-23(31)24(12-22(29)30)10-15-3-1-2-4-16(15)11-24/h1-6,9,17H,7-8,10-14,25H2,(H,26,31)(H,29,30)/t17-/m0/s1. The Balaban J connectivity index is 1.31. The van der Waals surface area contributed by atoms with Gasteiger partial charge < -0.3 is 21.1 Å². The number of hydrogen-bond donors (Lipinski definition) is 3. The summed E-state index contributed by atoms with van der Waals surface area (Å²) in [4.78, 5) is 31.7. The number of benzene rings is 2. The Bertz CT molecular complexity index is 1170. The molecule has 4 N–H and O–H groups in total. The van der Waals surface area contributed by atoms with Gasteiger partial charge in [-0.3, -0.25) is 9.59 Å². The van der Waals surface area contributed by atoms with Crippen LogP contribution in [0.25, 0.3) is 10.2 Å². The van der Waals surface area contributed by atoms with Crippen molar-refractivity contribution < 1.29 is 14.7 Å². The fourth-order valence-electron chi connectivity index (χ4n) is 4.95. The number of nitrogens with one attached hydrogen (secondary N) is 1. The molecule has 1 atom stereocenters. The van der Waals surface area contributed by atoms with Crippen LogP contribution < -0.4 is 16.0 Å². The number of carboxylic acids is 1. The molecule has 32 heavy (non-hydrogen) atoms. The lowest BCUT2D eigenvalue weighted by Crippen LogP contribution is -2.43. The average Bonchev–Trinajstić information content (AvgIpc) is 3.46. The number of fused-ring (bicyclic) bond motifs is 2. The van der Waals surface area contributed by atoms with Crippen LogP contribution in [0, 0.1) is 5.41 Å². The van der Waals surface area contributed by atoms with E-state index in [0.29, 0.717) is 19.4 Å². The summed E-state index contributed by atoms with van der Waals surface area (Å²) in [6.07, 6.45) is 1.71. The maximum absolute atomic E-state index is 13.2. The van der Waals surface area contributed by atoms with Gasteiger partial charge in [0.1, 0.15) is 5.01 Å². The number of amides is 1. The zero-order valence-corrected chi connectivity index (χ0v) is 18.5. The van der Waals surface area contributed by atoms with Crippen molar-refractivity contribution in [2.45, 2.75) is 38.3 Å². The summed E-state index contributed by atoms with van der Waals surface area (Å²) < 4.78 is 1.07. The van der Waals surface area contributed by atoms with Crippen molar-refractivity contribution in [2.75, 3.05) is 18.0 Å². The van der Waals surface area contributed by atoms with Crippen molar-refractivity contribution in [1.29, 1.82) is 0 Å². The lowest BCUT2D eigenvalue weighted by molar-refractivity contribution is -0.145. The third-order valence-electron chi connectivity index (χ3n) is 6.55. The van der Waals surface area contributed by atoms with Gasteiger partial charge in [0.2, 0.25) is 5.91 Å². The van der Waals surface area contributed by atoms with Crippen LogP contribution in [0.3, 0.4) is 0 Å². The fourth-order valence-corrected chi connectivity index (χ4v) is 5.89. The zero-order valence-electron chi connectivity index (χ0n) is 17.7. The van der Waals surface area contributed by atoms with Gasteiger partial charge in [0.05, 0.1) is 28.6 Å². The maximum Gasteiger partial charge on any atom is 0.304 e. The minimum Gasteiger partial charge on any atom is -0.481 e. The Hall–Kier alpha value is -2.97. The number of thiazole rings is 1. The molecule has 0 saturated carbocycles. The van der Waals surface area contributed by atoms with Gasteiger partial charge in [0.15, 0.2) is 0 Å². The Kier molecular flexibility index (Phi) is 5.35. The van der Waals surface area contributed by atoms with Gasteiger partial charge in [-0.2, -0.15) is 0 Å². The predicted octanol–water partition coefficient (Wildman–Crippen LogP) is 2.71. The van der Waals surface area contributed by atoms with Gasteiger partial charge in [0.25, 0.3) is 0 Å². The van der Waals surface area contributed by atoms with Crippen LogP contribution >= 0.6 is 11.3 Å². The summed E-state index contributed by atoms with van der Waals surface area (Å²) in [6.45, 7) is 2.11. The topological polar surface area (TPSA) is 109 Å². The van der Waals surface area contributed by atoms with Crippen LogP contribution in [0.4, 0.5) is 5.69 Å². The van der Waals surface area contributed by atoms with Crippen LogP contribution in [0.1, 0.15) is 29.0 Å². The second-order valence-electron chi connectivity index (χ2n) is 8.91. The van der Waals surface area contributed by atoms with E-state index in [1.54, 1.807) is 11.3 Å². The van der Waals surface area contributed by atoms with E-state index in [2.05, 4.69) is 27.3 Å². The molecule has 2 aliphatic rings. The van der Waals surface area contributed by atoms with Gasteiger partial charge in [-0.25, -0.2) is 4.98 Å². The maximum atomic E-state index is 13.2. The van der Waals surface area contributed by atoms with Gasteiger partial charge in [-0.15, -0.1) is 11.3 Å². The van der Waals surface area contributed by atoms with Crippen molar-refractivity contribution in [2.24, 2.45) is 11.1 Å². The number of carbonyl (C=O) groups is 2. The number of hydrogen-bond acceptors (Lipinski definition) is 6. The fraction of sp³-hybridized carbons (Fsp3) is 0.375. The second-order valence-corrected chi connectivity index (χ2v) is 10.0. The van der Waals surface area contributed by atoms with Crippen LogP contribution in [-0.4, -0.2) is 41.1 Å². The number of aromatic nitrogens is 1. The number of rotatable bonds is 6. The van der Waals surface area contributed by atoms with Crippen molar-refractivity contribution >= 4 is 39.1 Å². The average molecular weight is 451 g/mol. The van der Waals surface area contributed by atoms with Gasteiger partial charge >= 0.3 is 5.97 Å². The van der Waals surface area contributed by atoms with Crippen LogP contribution in [-0.2, 0) is 29.0 Å². The van der Waals surface area contributed by atoms with Crippen LogP contribution in [0.5, 0.6) is 0 Å². The largest absolute Gasteiger partial charge is 0.481 e. The van der Waals surface area contributed by atoms with E-state index in [0.717, 1.165) is 51.5 Å². The molecular formula is C24H26N4O3S. The zero-order chi connectivity index (χ0) is 22.3. The lowest BCUT2D eigenvalue weighted by Gasteiger charge is -2.25. The molecule has 0 bridgehead atoms. The number of anilines is 1. The second kappa shape index (κ2) is 8.18. The molecule has 1 aliphatic heterocycles. The summed E-state index contributed by atoms with van der Waals surface area (Å²) in [5, 5.41) is 13.3. The Morgan fingerprint density at radius 1 is 1.22 bits per heavy atom. The predicted molar refractivity (Wildman–Crippen MR) is 125 cm³/mol. The molecule has 1 aliphatic carbocycles. The number of nitrogens with zero attached hydrogens (tertiary/aromatic N) is 2. The highest BCUT2D eigenvalue weighted by molar-refractivity contribution is 7.18. The Morgan fingerprint density at radius 3 is 2.62 bits per heavy atom. The Morgan fingerprint density at radius 2 is 1.97 bits per heavy atom. The van der Waals surface area contributed by atoms with Crippen molar-refractivity contribution in [3.8, 4) is 0 Å². The van der Waals surface area contributed by atoms with Crippen molar-refractivity contribution in [3.05, 3.63) is 58.6 Å². The molecule has 1 aromatic heterocycles. The highest BCUT2D eigenvalue weighted by Gasteiger charge is 2.45. The van der Waals surface area contributed by atoms with E-state index in [4.69, 9.17) is 5.73 Å². The van der Waals surface area contributed by atoms with Gasteiger partial charge in [0, 0.05) is 24.8 Å². The molecular weight excluding hydrogens is 424 g/mol. The first-order chi connectivity index (χ1) is 15.4. The first kappa shape index (κ1) is 20.9. The summed E-state index contributed by atoms with van der Waals surface area (Å²) in [5.41, 5.74) is 9.25. The first-order valence-electron chi connectivity index (χ1n) is 10.9. The molecule has 0 radical (unpaired) electrons. The van der Waals surface area contributed by atoms with Crippen LogP contribution in [0.2, 0.25) is 0 Å². The van der Waals surface area contributed by atoms with E-state index in [-0.39, 0.29) is 18.4 Å². The number of carboxylic acid groups (broad SMARTS) is 1. The monoisotopic (exact) mass is 450 g/mol. The van der Waals surface area contributed by atoms with E-state index in [1.165, 1.54) is 0 Å². The molecule has 3 aromatic rings. The molecule has 1 saturated heterocycles. The minimum absolute atomic E-state index is 0.186. The van der Waals surface area contributed by atoms with E-state index in [1.807, 2.05) is 30.3 Å². The Labute approximate surface area is 190 Å². The first-order valence-corrected chi connectivity index (χ1v) is 11.7. The van der Waals surface area contributed by atoms with Gasteiger partial charge in [-0.1, -0.05) is 24.3 Å². The van der Waals surface area contributed by atoms with Crippen molar-refractivity contribution in [1.82, 2.24) is 10.3 Å². The SMILES string of the molecule is N[C@H]1CCN(c2ccc3nc(CNC(=O)C4(CC(=O)O)Cc5ccccc5C4)sc3c2)C1. The molecule has 0 spiro atoms. The molecule has 2 heterocycles. The van der Waals surface area contributed by atoms with E-state index < -0.39 is 11.4 Å². The van der Waals surface area contributed by atoms with E-state index >= 15 is 0 Å². The molecule has 166 valence electrons. The summed E-state index contributed by atoms with van der Waals surface area (Å²) in [7, 11) is 0. The number of aliphatic carboxylic acids is 1. The molecule has 1 fully saturated rings. The highest BCUT2D eigenvalue weighted by Crippen LogP contribution is 2.40. The molecule has 8 heteroatoms. The molecule has 1 amide bonds. The summed E-state index contributed by atoms with van der Waals surface area (Å²) in [6, 6.07) is 14.2. The molecule has 0 unspecified atom stereocenters. The summed E-state index contributed by atoms with van der Waals surface area (Å²) in [5.74, 6) is -1.18. The van der Waals surface area contributed by atoms with E-state index in [9.17, 15) is 14.7 Å². The number of nitrogens with two attached hydrogens (primary N) is 1. The van der Waals surface area contributed by atoms with Crippen molar-refractivity contribution in [3.63, 3.8) is 0 Å². The molecule has 2 aromatic carbocycles. The molecule has 5 rings (SSSR count).